The van der Waals surface area contributed by atoms with Gasteiger partial charge in [0.05, 0.1) is 11.5 Å². The molecule has 1 aliphatic carbocycles. The highest BCUT2D eigenvalue weighted by Crippen LogP contribution is 2.33. The highest BCUT2D eigenvalue weighted by molar-refractivity contribution is 7.89. The van der Waals surface area contributed by atoms with Crippen molar-refractivity contribution in [3.63, 3.8) is 0 Å². The van der Waals surface area contributed by atoms with Gasteiger partial charge in [-0.2, -0.15) is 4.31 Å². The number of rotatable bonds is 14. The molecule has 0 aromatic heterocycles. The van der Waals surface area contributed by atoms with Crippen molar-refractivity contribution >= 4 is 15.9 Å². The standard InChI is InChI=1S/C32H48N4O4S/c1-34(2)31(18-15-27-9-5-3-6-10-27)29-16-13-28(14-17-29)25-33-32(37)26-40-24-23-35-19-21-36(22-20-35)41(38,39)30-11-7-4-8-12-30/h3-12,28-29,31H,13-26H2,1-2H3,(H,33,37). The van der Waals surface area contributed by atoms with Crippen molar-refractivity contribution in [2.75, 3.05) is 66.6 Å². The number of benzene rings is 2. The number of nitrogens with zero attached hydrogens (tertiary/aromatic N) is 3. The molecule has 2 aromatic rings. The third-order valence-electron chi connectivity index (χ3n) is 8.76. The van der Waals surface area contributed by atoms with Gasteiger partial charge in [0.25, 0.3) is 0 Å². The Bertz CT molecular complexity index is 1150. The lowest BCUT2D eigenvalue weighted by Gasteiger charge is -2.37. The minimum absolute atomic E-state index is 0.0556. The molecule has 2 aliphatic rings. The quantitative estimate of drug-likeness (QED) is 0.343. The Morgan fingerprint density at radius 2 is 1.59 bits per heavy atom. The molecule has 2 aromatic carbocycles. The van der Waals surface area contributed by atoms with E-state index in [1.54, 1.807) is 28.6 Å². The largest absolute Gasteiger partial charge is 0.370 e. The number of piperazine rings is 1. The minimum atomic E-state index is -3.44. The fraction of sp³-hybridized carbons (Fsp3) is 0.594. The van der Waals surface area contributed by atoms with Crippen LogP contribution < -0.4 is 5.32 Å². The Hall–Kier alpha value is -2.30. The molecule has 4 rings (SSSR count). The number of aryl methyl sites for hydroxylation is 1. The number of amides is 1. The Balaban J connectivity index is 1.06. The van der Waals surface area contributed by atoms with Crippen LogP contribution >= 0.6 is 0 Å². The number of nitrogens with one attached hydrogen (secondary N) is 1. The van der Waals surface area contributed by atoms with E-state index in [-0.39, 0.29) is 12.5 Å². The molecule has 1 amide bonds. The van der Waals surface area contributed by atoms with E-state index < -0.39 is 10.0 Å². The van der Waals surface area contributed by atoms with Crippen LogP contribution in [0.25, 0.3) is 0 Å². The predicted molar refractivity (Wildman–Crippen MR) is 163 cm³/mol. The molecule has 226 valence electrons. The van der Waals surface area contributed by atoms with Gasteiger partial charge in [0.2, 0.25) is 15.9 Å². The SMILES string of the molecule is CN(C)C(CCc1ccccc1)C1CCC(CNC(=O)COCCN2CCN(S(=O)(=O)c3ccccc3)CC2)CC1. The van der Waals surface area contributed by atoms with Crippen molar-refractivity contribution in [1.82, 2.24) is 19.4 Å². The normalized spacial score (nSPS) is 21.5. The van der Waals surface area contributed by atoms with E-state index >= 15 is 0 Å². The summed E-state index contributed by atoms with van der Waals surface area (Å²) >= 11 is 0. The zero-order valence-electron chi connectivity index (χ0n) is 24.8. The number of sulfonamides is 1. The summed E-state index contributed by atoms with van der Waals surface area (Å²) in [6.07, 6.45) is 7.05. The average Bonchev–Trinajstić information content (AvgIpc) is 3.00. The Morgan fingerprint density at radius 3 is 2.22 bits per heavy atom. The fourth-order valence-electron chi connectivity index (χ4n) is 6.25. The van der Waals surface area contributed by atoms with E-state index in [2.05, 4.69) is 59.5 Å². The molecule has 2 fully saturated rings. The summed E-state index contributed by atoms with van der Waals surface area (Å²) in [5.74, 6) is 1.19. The van der Waals surface area contributed by atoms with Gasteiger partial charge in [-0.3, -0.25) is 9.69 Å². The first-order valence-electron chi connectivity index (χ1n) is 15.2. The number of ether oxygens (including phenoxy) is 1. The molecule has 1 heterocycles. The molecule has 1 N–H and O–H groups in total. The van der Waals surface area contributed by atoms with Gasteiger partial charge in [0.1, 0.15) is 6.61 Å². The first kappa shape index (κ1) is 31.6. The van der Waals surface area contributed by atoms with Crippen molar-refractivity contribution in [2.24, 2.45) is 11.8 Å². The van der Waals surface area contributed by atoms with Crippen molar-refractivity contribution < 1.29 is 17.9 Å². The Morgan fingerprint density at radius 1 is 0.951 bits per heavy atom. The van der Waals surface area contributed by atoms with Crippen LogP contribution in [0, 0.1) is 11.8 Å². The number of carbonyl (C=O) groups excluding carboxylic acids is 1. The van der Waals surface area contributed by atoms with Gasteiger partial charge in [0.15, 0.2) is 0 Å². The second-order valence-corrected chi connectivity index (χ2v) is 13.7. The lowest BCUT2D eigenvalue weighted by molar-refractivity contribution is -0.126. The van der Waals surface area contributed by atoms with Crippen LogP contribution in [0.1, 0.15) is 37.7 Å². The third-order valence-corrected chi connectivity index (χ3v) is 10.7. The first-order valence-corrected chi connectivity index (χ1v) is 16.6. The maximum atomic E-state index is 12.8. The van der Waals surface area contributed by atoms with Crippen LogP contribution in [0.3, 0.4) is 0 Å². The number of hydrogen-bond donors (Lipinski definition) is 1. The van der Waals surface area contributed by atoms with Gasteiger partial charge in [-0.25, -0.2) is 8.42 Å². The molecule has 9 heteroatoms. The monoisotopic (exact) mass is 584 g/mol. The number of hydrogen-bond acceptors (Lipinski definition) is 6. The van der Waals surface area contributed by atoms with Gasteiger partial charge in [-0.1, -0.05) is 48.5 Å². The summed E-state index contributed by atoms with van der Waals surface area (Å²) in [5, 5.41) is 3.08. The molecule has 1 aliphatic heterocycles. The summed E-state index contributed by atoms with van der Waals surface area (Å²) in [6, 6.07) is 19.9. The fourth-order valence-corrected chi connectivity index (χ4v) is 7.70. The van der Waals surface area contributed by atoms with Gasteiger partial charge in [-0.05, 0) is 82.2 Å². The predicted octanol–water partition coefficient (Wildman–Crippen LogP) is 3.50. The summed E-state index contributed by atoms with van der Waals surface area (Å²) in [4.78, 5) is 17.3. The molecule has 1 saturated heterocycles. The summed E-state index contributed by atoms with van der Waals surface area (Å²) in [5.41, 5.74) is 1.41. The molecular weight excluding hydrogens is 536 g/mol. The number of carbonyl (C=O) groups is 1. The van der Waals surface area contributed by atoms with E-state index in [1.165, 1.54) is 24.8 Å². The summed E-state index contributed by atoms with van der Waals surface area (Å²) < 4.78 is 32.8. The van der Waals surface area contributed by atoms with E-state index in [1.807, 2.05) is 6.07 Å². The highest BCUT2D eigenvalue weighted by Gasteiger charge is 2.30. The van der Waals surface area contributed by atoms with Crippen molar-refractivity contribution in [1.29, 1.82) is 0 Å². The zero-order chi connectivity index (χ0) is 29.1. The van der Waals surface area contributed by atoms with Gasteiger partial charge >= 0.3 is 0 Å². The van der Waals surface area contributed by atoms with Crippen LogP contribution in [0.2, 0.25) is 0 Å². The summed E-state index contributed by atoms with van der Waals surface area (Å²) in [7, 11) is 0.971. The molecule has 1 unspecified atom stereocenters. The van der Waals surface area contributed by atoms with E-state index in [0.29, 0.717) is 62.1 Å². The lowest BCUT2D eigenvalue weighted by Crippen LogP contribution is -2.49. The Labute approximate surface area is 247 Å². The third kappa shape index (κ3) is 9.61. The molecule has 0 bridgehead atoms. The molecule has 41 heavy (non-hydrogen) atoms. The van der Waals surface area contributed by atoms with Crippen molar-refractivity contribution in [3.05, 3.63) is 66.2 Å². The molecule has 1 saturated carbocycles. The second kappa shape index (κ2) is 15.8. The molecule has 0 spiro atoms. The van der Waals surface area contributed by atoms with Gasteiger partial charge in [-0.15, -0.1) is 0 Å². The Kier molecular flexibility index (Phi) is 12.2. The average molecular weight is 585 g/mol. The van der Waals surface area contributed by atoms with Crippen LogP contribution in [-0.4, -0.2) is 101 Å². The van der Waals surface area contributed by atoms with Crippen LogP contribution in [0.5, 0.6) is 0 Å². The van der Waals surface area contributed by atoms with Crippen molar-refractivity contribution in [3.8, 4) is 0 Å². The zero-order valence-corrected chi connectivity index (χ0v) is 25.6. The highest BCUT2D eigenvalue weighted by atomic mass is 32.2. The topological polar surface area (TPSA) is 82.2 Å². The van der Waals surface area contributed by atoms with E-state index in [0.717, 1.165) is 25.8 Å². The maximum Gasteiger partial charge on any atom is 0.246 e. The van der Waals surface area contributed by atoms with Crippen LogP contribution in [-0.2, 0) is 26.0 Å². The van der Waals surface area contributed by atoms with Crippen LogP contribution in [0.4, 0.5) is 0 Å². The smallest absolute Gasteiger partial charge is 0.246 e. The van der Waals surface area contributed by atoms with Gasteiger partial charge in [0, 0.05) is 45.3 Å². The van der Waals surface area contributed by atoms with Crippen molar-refractivity contribution in [2.45, 2.75) is 49.5 Å². The minimum Gasteiger partial charge on any atom is -0.370 e. The lowest BCUT2D eigenvalue weighted by atomic mass is 9.76. The van der Waals surface area contributed by atoms with E-state index in [9.17, 15) is 13.2 Å². The first-order chi connectivity index (χ1) is 19.8. The second-order valence-electron chi connectivity index (χ2n) is 11.8. The molecular formula is C32H48N4O4S. The van der Waals surface area contributed by atoms with E-state index in [4.69, 9.17) is 4.74 Å². The molecule has 8 nitrogen and oxygen atoms in total. The van der Waals surface area contributed by atoms with Crippen LogP contribution in [0.15, 0.2) is 65.6 Å². The van der Waals surface area contributed by atoms with Gasteiger partial charge < -0.3 is 15.0 Å². The summed E-state index contributed by atoms with van der Waals surface area (Å²) in [6.45, 7) is 4.18. The molecule has 0 radical (unpaired) electrons. The molecule has 1 atom stereocenters. The maximum absolute atomic E-state index is 12.8.